The van der Waals surface area contributed by atoms with Crippen LogP contribution in [0.3, 0.4) is 0 Å². The SMILES string of the molecule is CCCNC(=O)CNC(=O)c1[nH]c(C)c(C(=O)OCC)c1C. The molecule has 1 aromatic heterocycles. The van der Waals surface area contributed by atoms with E-state index in [0.29, 0.717) is 23.4 Å². The minimum atomic E-state index is -0.464. The lowest BCUT2D eigenvalue weighted by Gasteiger charge is -2.06. The lowest BCUT2D eigenvalue weighted by Crippen LogP contribution is -2.37. The van der Waals surface area contributed by atoms with Gasteiger partial charge in [-0.1, -0.05) is 6.92 Å². The highest BCUT2D eigenvalue weighted by Gasteiger charge is 2.22. The molecule has 7 nitrogen and oxygen atoms in total. The van der Waals surface area contributed by atoms with Gasteiger partial charge >= 0.3 is 5.97 Å². The smallest absolute Gasteiger partial charge is 0.340 e. The van der Waals surface area contributed by atoms with Crippen molar-refractivity contribution in [3.63, 3.8) is 0 Å². The second kappa shape index (κ2) is 8.21. The van der Waals surface area contributed by atoms with Crippen LogP contribution in [0.5, 0.6) is 0 Å². The summed E-state index contributed by atoms with van der Waals surface area (Å²) < 4.78 is 4.97. The first-order valence-electron chi connectivity index (χ1n) is 7.33. The molecule has 0 fully saturated rings. The van der Waals surface area contributed by atoms with Gasteiger partial charge in [0.25, 0.3) is 5.91 Å². The summed E-state index contributed by atoms with van der Waals surface area (Å²) in [6.07, 6.45) is 0.831. The normalized spacial score (nSPS) is 10.2. The Morgan fingerprint density at radius 1 is 1.14 bits per heavy atom. The van der Waals surface area contributed by atoms with Crippen LogP contribution in [-0.4, -0.2) is 42.5 Å². The largest absolute Gasteiger partial charge is 0.462 e. The van der Waals surface area contributed by atoms with Gasteiger partial charge in [-0.05, 0) is 32.8 Å². The number of carbonyl (C=O) groups is 3. The molecule has 0 aromatic carbocycles. The molecule has 7 heteroatoms. The van der Waals surface area contributed by atoms with E-state index in [4.69, 9.17) is 4.74 Å². The molecule has 0 aliphatic rings. The van der Waals surface area contributed by atoms with Crippen LogP contribution in [0.2, 0.25) is 0 Å². The van der Waals surface area contributed by atoms with Gasteiger partial charge in [0.15, 0.2) is 0 Å². The van der Waals surface area contributed by atoms with Crippen molar-refractivity contribution in [3.05, 3.63) is 22.5 Å². The molecular formula is C15H23N3O4. The lowest BCUT2D eigenvalue weighted by molar-refractivity contribution is -0.120. The zero-order valence-corrected chi connectivity index (χ0v) is 13.5. The maximum absolute atomic E-state index is 12.1. The molecule has 0 unspecified atom stereocenters. The Morgan fingerprint density at radius 2 is 1.82 bits per heavy atom. The number of ether oxygens (including phenoxy) is 1. The molecule has 0 saturated heterocycles. The standard InChI is InChI=1S/C15H23N3O4/c1-5-7-16-11(19)8-17-14(20)13-9(3)12(10(4)18-13)15(21)22-6-2/h18H,5-8H2,1-4H3,(H,16,19)(H,17,20). The van der Waals surface area contributed by atoms with Crippen LogP contribution in [0, 0.1) is 13.8 Å². The molecule has 2 amide bonds. The molecule has 1 rings (SSSR count). The molecular weight excluding hydrogens is 286 g/mol. The van der Waals surface area contributed by atoms with Crippen LogP contribution in [0.4, 0.5) is 0 Å². The van der Waals surface area contributed by atoms with E-state index in [1.165, 1.54) is 0 Å². The summed E-state index contributed by atoms with van der Waals surface area (Å²) >= 11 is 0. The summed E-state index contributed by atoms with van der Waals surface area (Å²) in [4.78, 5) is 38.3. The van der Waals surface area contributed by atoms with Gasteiger partial charge in [-0.3, -0.25) is 9.59 Å². The summed E-state index contributed by atoms with van der Waals surface area (Å²) in [7, 11) is 0. The minimum Gasteiger partial charge on any atom is -0.462 e. The Hall–Kier alpha value is -2.31. The Balaban J connectivity index is 2.76. The van der Waals surface area contributed by atoms with E-state index < -0.39 is 11.9 Å². The summed E-state index contributed by atoms with van der Waals surface area (Å²) in [5.41, 5.74) is 1.71. The maximum Gasteiger partial charge on any atom is 0.340 e. The number of H-pyrrole nitrogens is 1. The fourth-order valence-electron chi connectivity index (χ4n) is 2.06. The molecule has 122 valence electrons. The fraction of sp³-hybridized carbons (Fsp3) is 0.533. The van der Waals surface area contributed by atoms with Crippen LogP contribution >= 0.6 is 0 Å². The first-order valence-corrected chi connectivity index (χ1v) is 7.33. The van der Waals surface area contributed by atoms with Gasteiger partial charge in [0, 0.05) is 12.2 Å². The second-order valence-electron chi connectivity index (χ2n) is 4.88. The average Bonchev–Trinajstić information content (AvgIpc) is 2.77. The van der Waals surface area contributed by atoms with Crippen molar-refractivity contribution in [2.75, 3.05) is 19.7 Å². The van der Waals surface area contributed by atoms with Gasteiger partial charge in [0.1, 0.15) is 5.69 Å². The molecule has 1 aromatic rings. The van der Waals surface area contributed by atoms with Crippen molar-refractivity contribution in [1.29, 1.82) is 0 Å². The Labute approximate surface area is 129 Å². The highest BCUT2D eigenvalue weighted by atomic mass is 16.5. The quantitative estimate of drug-likeness (QED) is 0.656. The predicted molar refractivity (Wildman–Crippen MR) is 81.9 cm³/mol. The fourth-order valence-corrected chi connectivity index (χ4v) is 2.06. The van der Waals surface area contributed by atoms with Crippen molar-refractivity contribution in [1.82, 2.24) is 15.6 Å². The number of rotatable bonds is 7. The van der Waals surface area contributed by atoms with E-state index in [1.54, 1.807) is 20.8 Å². The topological polar surface area (TPSA) is 100 Å². The molecule has 0 aliphatic carbocycles. The van der Waals surface area contributed by atoms with Crippen molar-refractivity contribution < 1.29 is 19.1 Å². The summed E-state index contributed by atoms with van der Waals surface area (Å²) in [6, 6.07) is 0. The van der Waals surface area contributed by atoms with Crippen LogP contribution < -0.4 is 10.6 Å². The molecule has 0 saturated carbocycles. The highest BCUT2D eigenvalue weighted by molar-refractivity contribution is 6.01. The van der Waals surface area contributed by atoms with Gasteiger partial charge in [-0.15, -0.1) is 0 Å². The van der Waals surface area contributed by atoms with Crippen LogP contribution in [0.1, 0.15) is 52.4 Å². The molecule has 0 aliphatic heterocycles. The summed E-state index contributed by atoms with van der Waals surface area (Å²) in [5.74, 6) is -1.14. The zero-order valence-electron chi connectivity index (χ0n) is 13.5. The predicted octanol–water partition coefficient (Wildman–Crippen LogP) is 1.06. The molecule has 1 heterocycles. The summed E-state index contributed by atoms with van der Waals surface area (Å²) in [6.45, 7) is 7.76. The third-order valence-corrected chi connectivity index (χ3v) is 3.13. The van der Waals surface area contributed by atoms with E-state index >= 15 is 0 Å². The van der Waals surface area contributed by atoms with E-state index in [2.05, 4.69) is 15.6 Å². The number of esters is 1. The first kappa shape index (κ1) is 17.7. The number of aromatic nitrogens is 1. The third kappa shape index (κ3) is 4.34. The minimum absolute atomic E-state index is 0.106. The number of aromatic amines is 1. The zero-order chi connectivity index (χ0) is 16.7. The van der Waals surface area contributed by atoms with E-state index in [-0.39, 0.29) is 24.8 Å². The monoisotopic (exact) mass is 309 g/mol. The molecule has 22 heavy (non-hydrogen) atoms. The van der Waals surface area contributed by atoms with Crippen molar-refractivity contribution in [3.8, 4) is 0 Å². The average molecular weight is 309 g/mol. The van der Waals surface area contributed by atoms with E-state index in [1.807, 2.05) is 6.92 Å². The lowest BCUT2D eigenvalue weighted by atomic mass is 10.1. The molecule has 0 spiro atoms. The van der Waals surface area contributed by atoms with Gasteiger partial charge in [0.05, 0.1) is 18.7 Å². The maximum atomic E-state index is 12.1. The molecule has 0 atom stereocenters. The van der Waals surface area contributed by atoms with Crippen molar-refractivity contribution in [2.45, 2.75) is 34.1 Å². The Morgan fingerprint density at radius 3 is 2.41 bits per heavy atom. The van der Waals surface area contributed by atoms with Crippen LogP contribution in [0.15, 0.2) is 0 Å². The number of hydrogen-bond acceptors (Lipinski definition) is 4. The second-order valence-corrected chi connectivity index (χ2v) is 4.88. The number of carbonyl (C=O) groups excluding carboxylic acids is 3. The molecule has 3 N–H and O–H groups in total. The van der Waals surface area contributed by atoms with E-state index in [0.717, 1.165) is 6.42 Å². The Bertz CT molecular complexity index is 563. The number of hydrogen-bond donors (Lipinski definition) is 3. The molecule has 0 radical (unpaired) electrons. The number of nitrogens with one attached hydrogen (secondary N) is 3. The number of aryl methyl sites for hydroxylation is 1. The first-order chi connectivity index (χ1) is 10.4. The van der Waals surface area contributed by atoms with Gasteiger partial charge < -0.3 is 20.4 Å². The highest BCUT2D eigenvalue weighted by Crippen LogP contribution is 2.18. The van der Waals surface area contributed by atoms with Crippen molar-refractivity contribution in [2.24, 2.45) is 0 Å². The molecule has 0 bridgehead atoms. The van der Waals surface area contributed by atoms with Crippen molar-refractivity contribution >= 4 is 17.8 Å². The Kier molecular flexibility index (Phi) is 6.62. The van der Waals surface area contributed by atoms with Crippen LogP contribution in [-0.2, 0) is 9.53 Å². The van der Waals surface area contributed by atoms with Gasteiger partial charge in [-0.25, -0.2) is 4.79 Å². The van der Waals surface area contributed by atoms with Gasteiger partial charge in [0.2, 0.25) is 5.91 Å². The van der Waals surface area contributed by atoms with Gasteiger partial charge in [-0.2, -0.15) is 0 Å². The van der Waals surface area contributed by atoms with Crippen LogP contribution in [0.25, 0.3) is 0 Å². The van der Waals surface area contributed by atoms with E-state index in [9.17, 15) is 14.4 Å². The number of amides is 2. The summed E-state index contributed by atoms with van der Waals surface area (Å²) in [5, 5.41) is 5.19. The third-order valence-electron chi connectivity index (χ3n) is 3.13.